The molecule has 7 heteroatoms. The number of nitrogens with zero attached hydrogens (tertiary/aromatic N) is 1. The molecule has 0 spiro atoms. The van der Waals surface area contributed by atoms with E-state index in [1.54, 1.807) is 18.2 Å². The van der Waals surface area contributed by atoms with E-state index in [4.69, 9.17) is 33.2 Å². The first-order chi connectivity index (χ1) is 10.6. The minimum atomic E-state index is -0.445. The zero-order valence-electron chi connectivity index (χ0n) is 12.2. The maximum absolute atomic E-state index is 11.8. The van der Waals surface area contributed by atoms with Gasteiger partial charge >= 0.3 is 0 Å². The number of carbonyl (C=O) groups excluding carboxylic acids is 1. The zero-order valence-corrected chi connectivity index (χ0v) is 13.7. The van der Waals surface area contributed by atoms with Crippen molar-refractivity contribution in [2.75, 3.05) is 25.1 Å². The van der Waals surface area contributed by atoms with Crippen LogP contribution in [-0.2, 0) is 9.53 Å². The lowest BCUT2D eigenvalue weighted by molar-refractivity contribution is -0.117. The molecule has 0 radical (unpaired) electrons. The van der Waals surface area contributed by atoms with Crippen LogP contribution in [0, 0.1) is 11.3 Å². The predicted octanol–water partition coefficient (Wildman–Crippen LogP) is 3.36. The Kier molecular flexibility index (Phi) is 8.38. The Morgan fingerprint density at radius 1 is 1.36 bits per heavy atom. The normalized spacial score (nSPS) is 10.9. The van der Waals surface area contributed by atoms with Gasteiger partial charge in [-0.2, -0.15) is 5.26 Å². The number of nitrogens with one attached hydrogen (secondary N) is 2. The summed E-state index contributed by atoms with van der Waals surface area (Å²) in [7, 11) is 0. The second-order valence-electron chi connectivity index (χ2n) is 4.28. The Labute approximate surface area is 139 Å². The van der Waals surface area contributed by atoms with Crippen LogP contribution in [0.5, 0.6) is 0 Å². The minimum absolute atomic E-state index is 0.0347. The lowest BCUT2D eigenvalue weighted by atomic mass is 10.2. The average Bonchev–Trinajstić information content (AvgIpc) is 2.46. The number of nitriles is 1. The van der Waals surface area contributed by atoms with Crippen molar-refractivity contribution in [3.8, 4) is 6.07 Å². The quantitative estimate of drug-likeness (QED) is 0.432. The number of rotatable bonds is 8. The van der Waals surface area contributed by atoms with Gasteiger partial charge in [0.05, 0.1) is 0 Å². The van der Waals surface area contributed by atoms with Crippen LogP contribution in [0.4, 0.5) is 5.69 Å². The first-order valence-electron chi connectivity index (χ1n) is 6.75. The number of anilines is 1. The van der Waals surface area contributed by atoms with Crippen LogP contribution in [0.25, 0.3) is 0 Å². The standard InChI is InChI=1S/C15H17Cl2N3O2/c1-2-22-5-3-4-19-15(21)11(9-18)10-20-14-7-12(16)6-13(17)8-14/h6-8,10,20H,2-5H2,1H3,(H,19,21)/b11-10-. The van der Waals surface area contributed by atoms with E-state index in [0.29, 0.717) is 41.9 Å². The summed E-state index contributed by atoms with van der Waals surface area (Å²) in [5.41, 5.74) is 0.557. The van der Waals surface area contributed by atoms with Crippen LogP contribution in [0.1, 0.15) is 13.3 Å². The first-order valence-corrected chi connectivity index (χ1v) is 7.51. The third-order valence-corrected chi connectivity index (χ3v) is 3.00. The summed E-state index contributed by atoms with van der Waals surface area (Å²) in [4.78, 5) is 11.8. The van der Waals surface area contributed by atoms with Crippen LogP contribution < -0.4 is 10.6 Å². The summed E-state index contributed by atoms with van der Waals surface area (Å²) in [5, 5.41) is 15.4. The van der Waals surface area contributed by atoms with Gasteiger partial charge in [0, 0.05) is 41.7 Å². The summed E-state index contributed by atoms with van der Waals surface area (Å²) >= 11 is 11.7. The van der Waals surface area contributed by atoms with Gasteiger partial charge in [-0.05, 0) is 31.5 Å². The van der Waals surface area contributed by atoms with Crippen LogP contribution in [-0.4, -0.2) is 25.7 Å². The number of hydrogen-bond donors (Lipinski definition) is 2. The summed E-state index contributed by atoms with van der Waals surface area (Å²) in [6.07, 6.45) is 2.01. The number of hydrogen-bond acceptors (Lipinski definition) is 4. The average molecular weight is 342 g/mol. The molecule has 0 saturated carbocycles. The van der Waals surface area contributed by atoms with Crippen LogP contribution in [0.3, 0.4) is 0 Å². The highest BCUT2D eigenvalue weighted by molar-refractivity contribution is 6.35. The number of halogens is 2. The number of amides is 1. The smallest absolute Gasteiger partial charge is 0.263 e. The van der Waals surface area contributed by atoms with Gasteiger partial charge in [0.2, 0.25) is 0 Å². The molecule has 1 aromatic carbocycles. The number of ether oxygens (including phenoxy) is 1. The fraction of sp³-hybridized carbons (Fsp3) is 0.333. The Morgan fingerprint density at radius 2 is 2.05 bits per heavy atom. The molecule has 0 heterocycles. The van der Waals surface area contributed by atoms with Gasteiger partial charge in [-0.1, -0.05) is 23.2 Å². The molecular formula is C15H17Cl2N3O2. The molecule has 1 amide bonds. The second kappa shape index (κ2) is 10.1. The summed E-state index contributed by atoms with van der Waals surface area (Å²) in [6.45, 7) is 3.56. The highest BCUT2D eigenvalue weighted by Crippen LogP contribution is 2.22. The van der Waals surface area contributed by atoms with Gasteiger partial charge in [-0.15, -0.1) is 0 Å². The lowest BCUT2D eigenvalue weighted by Gasteiger charge is -2.06. The fourth-order valence-electron chi connectivity index (χ4n) is 1.56. The Hall–Kier alpha value is -1.74. The molecule has 0 unspecified atom stereocenters. The Balaban J connectivity index is 2.55. The minimum Gasteiger partial charge on any atom is -0.382 e. The first kappa shape index (κ1) is 18.3. The molecule has 0 aliphatic rings. The topological polar surface area (TPSA) is 74.1 Å². The molecule has 0 aliphatic carbocycles. The molecule has 22 heavy (non-hydrogen) atoms. The van der Waals surface area contributed by atoms with Gasteiger partial charge in [0.1, 0.15) is 11.6 Å². The Morgan fingerprint density at radius 3 is 2.64 bits per heavy atom. The molecule has 0 bridgehead atoms. The van der Waals surface area contributed by atoms with Crippen molar-refractivity contribution in [1.82, 2.24) is 5.32 Å². The van der Waals surface area contributed by atoms with Crippen LogP contribution >= 0.6 is 23.2 Å². The van der Waals surface area contributed by atoms with E-state index in [1.165, 1.54) is 6.20 Å². The third-order valence-electron chi connectivity index (χ3n) is 2.57. The summed E-state index contributed by atoms with van der Waals surface area (Å²) in [5.74, 6) is -0.445. The summed E-state index contributed by atoms with van der Waals surface area (Å²) in [6, 6.07) is 6.71. The lowest BCUT2D eigenvalue weighted by Crippen LogP contribution is -2.26. The van der Waals surface area contributed by atoms with Crippen molar-refractivity contribution >= 4 is 34.8 Å². The molecule has 118 valence electrons. The van der Waals surface area contributed by atoms with Crippen molar-refractivity contribution in [1.29, 1.82) is 5.26 Å². The molecule has 2 N–H and O–H groups in total. The molecule has 0 aromatic heterocycles. The molecule has 5 nitrogen and oxygen atoms in total. The maximum atomic E-state index is 11.8. The van der Waals surface area contributed by atoms with Gasteiger partial charge in [0.15, 0.2) is 0 Å². The van der Waals surface area contributed by atoms with E-state index in [-0.39, 0.29) is 5.57 Å². The highest BCUT2D eigenvalue weighted by Gasteiger charge is 2.08. The molecule has 0 atom stereocenters. The van der Waals surface area contributed by atoms with Crippen LogP contribution in [0.15, 0.2) is 30.0 Å². The second-order valence-corrected chi connectivity index (χ2v) is 5.15. The van der Waals surface area contributed by atoms with E-state index in [9.17, 15) is 4.79 Å². The van der Waals surface area contributed by atoms with E-state index >= 15 is 0 Å². The SMILES string of the molecule is CCOCCCNC(=O)/C(C#N)=C\Nc1cc(Cl)cc(Cl)c1. The molecule has 0 fully saturated rings. The van der Waals surface area contributed by atoms with Crippen molar-refractivity contribution in [3.05, 3.63) is 40.0 Å². The van der Waals surface area contributed by atoms with Gasteiger partial charge in [-0.25, -0.2) is 0 Å². The fourth-order valence-corrected chi connectivity index (χ4v) is 2.08. The molecule has 0 aliphatic heterocycles. The van der Waals surface area contributed by atoms with E-state index in [1.807, 2.05) is 13.0 Å². The molecule has 1 rings (SSSR count). The predicted molar refractivity (Wildman–Crippen MR) is 87.9 cm³/mol. The number of benzene rings is 1. The van der Waals surface area contributed by atoms with Gasteiger partial charge in [-0.3, -0.25) is 4.79 Å². The third kappa shape index (κ3) is 6.81. The number of carbonyl (C=O) groups is 1. The maximum Gasteiger partial charge on any atom is 0.263 e. The van der Waals surface area contributed by atoms with E-state index < -0.39 is 5.91 Å². The Bertz CT molecular complexity index is 562. The van der Waals surface area contributed by atoms with Crippen molar-refractivity contribution in [2.24, 2.45) is 0 Å². The zero-order chi connectivity index (χ0) is 16.4. The van der Waals surface area contributed by atoms with Crippen molar-refractivity contribution in [3.63, 3.8) is 0 Å². The van der Waals surface area contributed by atoms with Gasteiger partial charge in [0.25, 0.3) is 5.91 Å². The van der Waals surface area contributed by atoms with Crippen LogP contribution in [0.2, 0.25) is 10.0 Å². The largest absolute Gasteiger partial charge is 0.382 e. The van der Waals surface area contributed by atoms with Crippen molar-refractivity contribution < 1.29 is 9.53 Å². The van der Waals surface area contributed by atoms with E-state index in [2.05, 4.69) is 10.6 Å². The van der Waals surface area contributed by atoms with Gasteiger partial charge < -0.3 is 15.4 Å². The molecule has 1 aromatic rings. The van der Waals surface area contributed by atoms with E-state index in [0.717, 1.165) is 0 Å². The molecule has 0 saturated heterocycles. The highest BCUT2D eigenvalue weighted by atomic mass is 35.5. The molecular weight excluding hydrogens is 325 g/mol. The monoisotopic (exact) mass is 341 g/mol. The van der Waals surface area contributed by atoms with Crippen molar-refractivity contribution in [2.45, 2.75) is 13.3 Å². The summed E-state index contributed by atoms with van der Waals surface area (Å²) < 4.78 is 5.16.